The lowest BCUT2D eigenvalue weighted by atomic mass is 10.1. The van der Waals surface area contributed by atoms with Gasteiger partial charge in [0, 0.05) is 35.3 Å². The molecule has 2 aromatic rings. The van der Waals surface area contributed by atoms with Gasteiger partial charge in [-0.25, -0.2) is 4.98 Å². The highest BCUT2D eigenvalue weighted by molar-refractivity contribution is 7.13. The molecule has 24 heavy (non-hydrogen) atoms. The zero-order valence-electron chi connectivity index (χ0n) is 13.3. The molecule has 1 aromatic carbocycles. The smallest absolute Gasteiger partial charge is 0.306 e. The van der Waals surface area contributed by atoms with Crippen LogP contribution < -0.4 is 0 Å². The van der Waals surface area contributed by atoms with Crippen LogP contribution in [0.3, 0.4) is 0 Å². The van der Waals surface area contributed by atoms with Gasteiger partial charge in [0.15, 0.2) is 0 Å². The molecule has 0 unspecified atom stereocenters. The van der Waals surface area contributed by atoms with Crippen LogP contribution in [0, 0.1) is 6.92 Å². The molecule has 1 aliphatic rings. The van der Waals surface area contributed by atoms with E-state index in [1.165, 1.54) is 0 Å². The number of hydrogen-bond donors (Lipinski definition) is 1. The summed E-state index contributed by atoms with van der Waals surface area (Å²) >= 11 is 1.57. The number of aromatic nitrogens is 1. The molecule has 1 amide bonds. The predicted octanol–water partition coefficient (Wildman–Crippen LogP) is 2.43. The lowest BCUT2D eigenvalue weighted by molar-refractivity contribution is -0.141. The summed E-state index contributed by atoms with van der Waals surface area (Å²) in [6, 6.07) is 7.35. The van der Waals surface area contributed by atoms with Crippen molar-refractivity contribution in [1.29, 1.82) is 0 Å². The summed E-state index contributed by atoms with van der Waals surface area (Å²) in [5.41, 5.74) is 2.55. The fraction of sp³-hybridized carbons (Fsp3) is 0.353. The number of carboxylic acid groups (broad SMARTS) is 1. The van der Waals surface area contributed by atoms with Gasteiger partial charge in [-0.2, -0.15) is 0 Å². The average molecular weight is 346 g/mol. The van der Waals surface area contributed by atoms with Crippen molar-refractivity contribution in [2.75, 3.05) is 19.7 Å². The summed E-state index contributed by atoms with van der Waals surface area (Å²) in [6.07, 6.45) is -0.538. The number of aliphatic carboxylic acids is 1. The van der Waals surface area contributed by atoms with E-state index in [-0.39, 0.29) is 12.3 Å². The second kappa shape index (κ2) is 7.11. The lowest BCUT2D eigenvalue weighted by Gasteiger charge is -2.32. The van der Waals surface area contributed by atoms with Crippen molar-refractivity contribution in [2.45, 2.75) is 19.4 Å². The van der Waals surface area contributed by atoms with Crippen LogP contribution >= 0.6 is 11.3 Å². The van der Waals surface area contributed by atoms with Crippen molar-refractivity contribution >= 4 is 23.2 Å². The highest BCUT2D eigenvalue weighted by Crippen LogP contribution is 2.24. The first kappa shape index (κ1) is 16.6. The van der Waals surface area contributed by atoms with Crippen LogP contribution in [-0.2, 0) is 9.53 Å². The third-order valence-electron chi connectivity index (χ3n) is 3.83. The number of rotatable bonds is 4. The number of carbonyl (C=O) groups excluding carboxylic acids is 1. The Kier molecular flexibility index (Phi) is 4.92. The SMILES string of the molecule is Cc1csc(-c2ccc(C(=O)N3CCO[C@@H](CC(=O)O)C3)cc2)n1. The standard InChI is InChI=1S/C17H18N2O4S/c1-11-10-24-16(18-11)12-2-4-13(5-3-12)17(22)19-6-7-23-14(9-19)8-15(20)21/h2-5,10,14H,6-9H2,1H3,(H,20,21)/t14-/m0/s1. The Hall–Kier alpha value is -2.25. The van der Waals surface area contributed by atoms with Gasteiger partial charge < -0.3 is 14.7 Å². The van der Waals surface area contributed by atoms with E-state index in [2.05, 4.69) is 4.98 Å². The first-order valence-electron chi connectivity index (χ1n) is 7.68. The molecule has 2 heterocycles. The third kappa shape index (κ3) is 3.80. The maximum absolute atomic E-state index is 12.6. The molecule has 6 nitrogen and oxygen atoms in total. The average Bonchev–Trinajstić information content (AvgIpc) is 3.00. The molecule has 0 radical (unpaired) electrons. The summed E-state index contributed by atoms with van der Waals surface area (Å²) in [6.45, 7) is 3.09. The number of amides is 1. The fourth-order valence-corrected chi connectivity index (χ4v) is 3.45. The number of carboxylic acids is 1. The van der Waals surface area contributed by atoms with Crippen LogP contribution in [0.25, 0.3) is 10.6 Å². The topological polar surface area (TPSA) is 79.7 Å². The van der Waals surface area contributed by atoms with E-state index in [4.69, 9.17) is 9.84 Å². The minimum atomic E-state index is -0.919. The van der Waals surface area contributed by atoms with Crippen molar-refractivity contribution in [2.24, 2.45) is 0 Å². The van der Waals surface area contributed by atoms with E-state index >= 15 is 0 Å². The molecule has 1 aliphatic heterocycles. The van der Waals surface area contributed by atoms with Crippen LogP contribution in [0.1, 0.15) is 22.5 Å². The van der Waals surface area contributed by atoms with Crippen molar-refractivity contribution in [1.82, 2.24) is 9.88 Å². The van der Waals surface area contributed by atoms with Gasteiger partial charge in [-0.3, -0.25) is 9.59 Å². The van der Waals surface area contributed by atoms with Crippen LogP contribution in [0.4, 0.5) is 0 Å². The Morgan fingerprint density at radius 2 is 2.12 bits per heavy atom. The molecule has 126 valence electrons. The largest absolute Gasteiger partial charge is 0.481 e. The summed E-state index contributed by atoms with van der Waals surface area (Å²) in [5.74, 6) is -1.02. The highest BCUT2D eigenvalue weighted by atomic mass is 32.1. The van der Waals surface area contributed by atoms with E-state index in [1.807, 2.05) is 24.4 Å². The molecular formula is C17H18N2O4S. The van der Waals surface area contributed by atoms with Gasteiger partial charge in [0.2, 0.25) is 0 Å². The van der Waals surface area contributed by atoms with Crippen LogP contribution in [0.2, 0.25) is 0 Å². The number of nitrogens with zero attached hydrogens (tertiary/aromatic N) is 2. The van der Waals surface area contributed by atoms with Crippen molar-refractivity contribution < 1.29 is 19.4 Å². The monoisotopic (exact) mass is 346 g/mol. The zero-order valence-corrected chi connectivity index (χ0v) is 14.1. The van der Waals surface area contributed by atoms with E-state index < -0.39 is 12.1 Å². The summed E-state index contributed by atoms with van der Waals surface area (Å²) in [7, 11) is 0. The minimum Gasteiger partial charge on any atom is -0.481 e. The molecule has 1 aromatic heterocycles. The molecule has 0 bridgehead atoms. The normalized spacial score (nSPS) is 17.7. The lowest BCUT2D eigenvalue weighted by Crippen LogP contribution is -2.46. The van der Waals surface area contributed by atoms with Gasteiger partial charge in [-0.1, -0.05) is 12.1 Å². The summed E-state index contributed by atoms with van der Waals surface area (Å²) < 4.78 is 5.40. The molecule has 0 aliphatic carbocycles. The number of carbonyl (C=O) groups is 2. The van der Waals surface area contributed by atoms with Gasteiger partial charge in [-0.05, 0) is 19.1 Å². The number of thiazole rings is 1. The van der Waals surface area contributed by atoms with Crippen LogP contribution in [0.5, 0.6) is 0 Å². The van der Waals surface area contributed by atoms with Crippen LogP contribution in [-0.4, -0.2) is 52.7 Å². The Morgan fingerprint density at radius 3 is 2.75 bits per heavy atom. The van der Waals surface area contributed by atoms with Gasteiger partial charge in [0.1, 0.15) is 5.01 Å². The number of aryl methyl sites for hydroxylation is 1. The number of morpholine rings is 1. The molecule has 1 atom stereocenters. The molecule has 3 rings (SSSR count). The van der Waals surface area contributed by atoms with Gasteiger partial charge in [0.25, 0.3) is 5.91 Å². The molecule has 1 saturated heterocycles. The van der Waals surface area contributed by atoms with E-state index in [0.29, 0.717) is 25.3 Å². The summed E-state index contributed by atoms with van der Waals surface area (Å²) in [5, 5.41) is 11.8. The quantitative estimate of drug-likeness (QED) is 0.920. The number of hydrogen-bond acceptors (Lipinski definition) is 5. The van der Waals surface area contributed by atoms with Gasteiger partial charge in [-0.15, -0.1) is 11.3 Å². The first-order chi connectivity index (χ1) is 11.5. The van der Waals surface area contributed by atoms with E-state index in [1.54, 1.807) is 28.4 Å². The maximum atomic E-state index is 12.6. The fourth-order valence-electron chi connectivity index (χ4n) is 2.65. The van der Waals surface area contributed by atoms with Crippen LogP contribution in [0.15, 0.2) is 29.6 Å². The van der Waals surface area contributed by atoms with E-state index in [9.17, 15) is 9.59 Å². The Bertz CT molecular complexity index is 741. The van der Waals surface area contributed by atoms with Crippen molar-refractivity contribution in [3.8, 4) is 10.6 Å². The molecule has 0 saturated carbocycles. The minimum absolute atomic E-state index is 0.0912. The molecule has 1 fully saturated rings. The predicted molar refractivity (Wildman–Crippen MR) is 90.2 cm³/mol. The molecule has 7 heteroatoms. The zero-order chi connectivity index (χ0) is 17.1. The maximum Gasteiger partial charge on any atom is 0.306 e. The van der Waals surface area contributed by atoms with Crippen molar-refractivity contribution in [3.63, 3.8) is 0 Å². The number of benzene rings is 1. The Labute approximate surface area is 143 Å². The molecule has 0 spiro atoms. The highest BCUT2D eigenvalue weighted by Gasteiger charge is 2.26. The third-order valence-corrected chi connectivity index (χ3v) is 4.84. The second-order valence-corrected chi connectivity index (χ2v) is 6.57. The molecule has 1 N–H and O–H groups in total. The van der Waals surface area contributed by atoms with Gasteiger partial charge in [0.05, 0.1) is 19.1 Å². The molecular weight excluding hydrogens is 328 g/mol. The summed E-state index contributed by atoms with van der Waals surface area (Å²) in [4.78, 5) is 29.5. The van der Waals surface area contributed by atoms with Gasteiger partial charge >= 0.3 is 5.97 Å². The first-order valence-corrected chi connectivity index (χ1v) is 8.56. The second-order valence-electron chi connectivity index (χ2n) is 5.71. The van der Waals surface area contributed by atoms with Crippen molar-refractivity contribution in [3.05, 3.63) is 40.9 Å². The Morgan fingerprint density at radius 1 is 1.38 bits per heavy atom. The Balaban J connectivity index is 1.69. The van der Waals surface area contributed by atoms with E-state index in [0.717, 1.165) is 16.3 Å². The number of ether oxygens (including phenoxy) is 1.